The van der Waals surface area contributed by atoms with Gasteiger partial charge >= 0.3 is 0 Å². The largest absolute Gasteiger partial charge is 0.310 e. The van der Waals surface area contributed by atoms with Crippen LogP contribution in [0.25, 0.3) is 43.4 Å². The quantitative estimate of drug-likeness (QED) is 0.231. The van der Waals surface area contributed by atoms with Gasteiger partial charge in [-0.25, -0.2) is 0 Å². The molecule has 0 radical (unpaired) electrons. The van der Waals surface area contributed by atoms with Gasteiger partial charge in [0.05, 0.1) is 0 Å². The van der Waals surface area contributed by atoms with Crippen LogP contribution in [0.4, 0.5) is 17.1 Å². The number of para-hydroxylation sites is 2. The molecule has 1 heteroatoms. The maximum atomic E-state index is 2.38. The summed E-state index contributed by atoms with van der Waals surface area (Å²) < 4.78 is 0. The van der Waals surface area contributed by atoms with Crippen LogP contribution in [0.15, 0.2) is 152 Å². The molecule has 0 N–H and O–H groups in total. The molecule has 0 unspecified atom stereocenters. The second-order valence-corrected chi connectivity index (χ2v) is 9.41. The van der Waals surface area contributed by atoms with Crippen LogP contribution < -0.4 is 4.90 Å². The maximum absolute atomic E-state index is 2.38. The molecule has 0 fully saturated rings. The maximum Gasteiger partial charge on any atom is 0.0467 e. The summed E-state index contributed by atoms with van der Waals surface area (Å²) in [6.45, 7) is 0. The normalized spacial score (nSPS) is 11.2. The molecule has 0 amide bonds. The van der Waals surface area contributed by atoms with Crippen LogP contribution in [-0.4, -0.2) is 0 Å². The molecule has 0 aliphatic heterocycles. The van der Waals surface area contributed by atoms with E-state index < -0.39 is 0 Å². The Kier molecular flexibility index (Phi) is 5.19. The number of hydrogen-bond donors (Lipinski definition) is 0. The zero-order valence-electron chi connectivity index (χ0n) is 20.4. The van der Waals surface area contributed by atoms with Crippen molar-refractivity contribution in [2.75, 3.05) is 4.90 Å². The number of benzene rings is 7. The van der Waals surface area contributed by atoms with Gasteiger partial charge in [0.2, 0.25) is 0 Å². The van der Waals surface area contributed by atoms with Gasteiger partial charge in [-0.3, -0.25) is 0 Å². The van der Waals surface area contributed by atoms with Crippen LogP contribution in [0.3, 0.4) is 0 Å². The highest BCUT2D eigenvalue weighted by Gasteiger charge is 2.15. The van der Waals surface area contributed by atoms with Gasteiger partial charge in [0.25, 0.3) is 0 Å². The summed E-state index contributed by atoms with van der Waals surface area (Å²) in [7, 11) is 0. The number of fused-ring (bicyclic) bond motifs is 5. The second-order valence-electron chi connectivity index (χ2n) is 9.41. The average molecular weight is 472 g/mol. The van der Waals surface area contributed by atoms with Gasteiger partial charge in [-0.15, -0.1) is 0 Å². The molecule has 0 aliphatic rings. The molecule has 0 aliphatic carbocycles. The molecule has 37 heavy (non-hydrogen) atoms. The first-order valence-electron chi connectivity index (χ1n) is 12.7. The standard InChI is InChI=1S/C36H25N/c1-3-14-28(15-4-1)37(29-16-5-2-6-17-29)30-18-11-13-27(24-30)35-25-36-31-19-8-7-12-26(31)22-23-34(36)32-20-9-10-21-33(32)35/h1-25H. The van der Waals surface area contributed by atoms with E-state index in [0.29, 0.717) is 0 Å². The van der Waals surface area contributed by atoms with Crippen LogP contribution in [0, 0.1) is 0 Å². The molecule has 0 heterocycles. The van der Waals surface area contributed by atoms with E-state index in [4.69, 9.17) is 0 Å². The van der Waals surface area contributed by atoms with Gasteiger partial charge in [0.1, 0.15) is 0 Å². The van der Waals surface area contributed by atoms with Gasteiger partial charge in [0.15, 0.2) is 0 Å². The summed E-state index contributed by atoms with van der Waals surface area (Å²) in [5.41, 5.74) is 5.88. The molecule has 7 aromatic rings. The molecule has 7 aromatic carbocycles. The second kappa shape index (κ2) is 8.96. The van der Waals surface area contributed by atoms with Crippen LogP contribution >= 0.6 is 0 Å². The first-order chi connectivity index (χ1) is 18.4. The monoisotopic (exact) mass is 471 g/mol. The Morgan fingerprint density at radius 2 is 0.892 bits per heavy atom. The van der Waals surface area contributed by atoms with Crippen molar-refractivity contribution in [3.8, 4) is 11.1 Å². The SMILES string of the molecule is c1ccc(N(c2ccccc2)c2cccc(-c3cc4c5ccccc5ccc4c4ccccc34)c2)cc1. The topological polar surface area (TPSA) is 3.24 Å². The van der Waals surface area contributed by atoms with Crippen molar-refractivity contribution < 1.29 is 0 Å². The van der Waals surface area contributed by atoms with E-state index in [1.54, 1.807) is 0 Å². The fraction of sp³-hybridized carbons (Fsp3) is 0. The first kappa shape index (κ1) is 21.4. The van der Waals surface area contributed by atoms with E-state index in [0.717, 1.165) is 17.1 Å². The van der Waals surface area contributed by atoms with Gasteiger partial charge < -0.3 is 4.90 Å². The smallest absolute Gasteiger partial charge is 0.0467 e. The van der Waals surface area contributed by atoms with Crippen molar-refractivity contribution in [1.82, 2.24) is 0 Å². The minimum atomic E-state index is 1.14. The van der Waals surface area contributed by atoms with Crippen LogP contribution in [0.1, 0.15) is 0 Å². The number of rotatable bonds is 4. The van der Waals surface area contributed by atoms with Gasteiger partial charge in [-0.2, -0.15) is 0 Å². The van der Waals surface area contributed by atoms with E-state index in [-0.39, 0.29) is 0 Å². The summed E-state index contributed by atoms with van der Waals surface area (Å²) in [6, 6.07) is 54.4. The van der Waals surface area contributed by atoms with Crippen LogP contribution in [0.5, 0.6) is 0 Å². The fourth-order valence-corrected chi connectivity index (χ4v) is 5.51. The number of nitrogens with zero attached hydrogens (tertiary/aromatic N) is 1. The van der Waals surface area contributed by atoms with E-state index in [2.05, 4.69) is 157 Å². The average Bonchev–Trinajstić information content (AvgIpc) is 2.98. The molecule has 7 rings (SSSR count). The Balaban J connectivity index is 1.48. The fourth-order valence-electron chi connectivity index (χ4n) is 5.51. The lowest BCUT2D eigenvalue weighted by Gasteiger charge is -2.26. The zero-order chi connectivity index (χ0) is 24.6. The lowest BCUT2D eigenvalue weighted by atomic mass is 9.91. The van der Waals surface area contributed by atoms with Crippen molar-refractivity contribution >= 4 is 49.4 Å². The Morgan fingerprint density at radius 3 is 1.62 bits per heavy atom. The lowest BCUT2D eigenvalue weighted by Crippen LogP contribution is -2.09. The molecular weight excluding hydrogens is 446 g/mol. The Bertz CT molecular complexity index is 1830. The van der Waals surface area contributed by atoms with Crippen molar-refractivity contribution in [3.05, 3.63) is 152 Å². The summed E-state index contributed by atoms with van der Waals surface area (Å²) in [4.78, 5) is 2.32. The minimum Gasteiger partial charge on any atom is -0.310 e. The van der Waals surface area contributed by atoms with Crippen molar-refractivity contribution in [3.63, 3.8) is 0 Å². The van der Waals surface area contributed by atoms with Crippen molar-refractivity contribution in [2.45, 2.75) is 0 Å². The minimum absolute atomic E-state index is 1.14. The Hall–Kier alpha value is -4.88. The molecule has 0 atom stereocenters. The molecule has 0 saturated carbocycles. The van der Waals surface area contributed by atoms with Crippen LogP contribution in [0.2, 0.25) is 0 Å². The highest BCUT2D eigenvalue weighted by atomic mass is 15.1. The number of hydrogen-bond acceptors (Lipinski definition) is 1. The highest BCUT2D eigenvalue weighted by Crippen LogP contribution is 2.40. The summed E-state index contributed by atoms with van der Waals surface area (Å²) in [5, 5.41) is 7.70. The third kappa shape index (κ3) is 3.73. The van der Waals surface area contributed by atoms with E-state index in [9.17, 15) is 0 Å². The molecule has 0 aromatic heterocycles. The lowest BCUT2D eigenvalue weighted by molar-refractivity contribution is 1.28. The summed E-state index contributed by atoms with van der Waals surface area (Å²) in [6.07, 6.45) is 0. The number of anilines is 3. The molecule has 0 saturated heterocycles. The van der Waals surface area contributed by atoms with E-state index in [1.165, 1.54) is 43.4 Å². The molecule has 0 bridgehead atoms. The molecule has 0 spiro atoms. The van der Waals surface area contributed by atoms with E-state index >= 15 is 0 Å². The predicted molar refractivity (Wildman–Crippen MR) is 159 cm³/mol. The molecular formula is C36H25N. The highest BCUT2D eigenvalue weighted by molar-refractivity contribution is 6.21. The Morgan fingerprint density at radius 1 is 0.324 bits per heavy atom. The molecule has 174 valence electrons. The predicted octanol–water partition coefficient (Wildman–Crippen LogP) is 10.3. The molecule has 1 nitrogen and oxygen atoms in total. The van der Waals surface area contributed by atoms with Crippen molar-refractivity contribution in [2.24, 2.45) is 0 Å². The van der Waals surface area contributed by atoms with E-state index in [1.807, 2.05) is 0 Å². The summed E-state index contributed by atoms with van der Waals surface area (Å²) >= 11 is 0. The van der Waals surface area contributed by atoms with Crippen LogP contribution in [-0.2, 0) is 0 Å². The van der Waals surface area contributed by atoms with Crippen molar-refractivity contribution in [1.29, 1.82) is 0 Å². The third-order valence-corrected chi connectivity index (χ3v) is 7.21. The van der Waals surface area contributed by atoms with Gasteiger partial charge in [-0.05, 0) is 85.9 Å². The summed E-state index contributed by atoms with van der Waals surface area (Å²) in [5.74, 6) is 0. The first-order valence-corrected chi connectivity index (χ1v) is 12.7. The zero-order valence-corrected chi connectivity index (χ0v) is 20.4. The Labute approximate surface area is 216 Å². The van der Waals surface area contributed by atoms with Gasteiger partial charge in [0, 0.05) is 17.1 Å². The third-order valence-electron chi connectivity index (χ3n) is 7.21. The van der Waals surface area contributed by atoms with Gasteiger partial charge in [-0.1, -0.05) is 109 Å².